The smallest absolute Gasteiger partial charge is 0.109 e. The van der Waals surface area contributed by atoms with Crippen LogP contribution >= 0.6 is 0 Å². The van der Waals surface area contributed by atoms with Crippen LogP contribution in [0, 0.1) is 0 Å². The molecule has 4 heteroatoms. The van der Waals surface area contributed by atoms with E-state index >= 15 is 0 Å². The molecule has 0 saturated carbocycles. The Kier molecular flexibility index (Phi) is 3.99. The lowest BCUT2D eigenvalue weighted by molar-refractivity contribution is 0.328. The molecule has 0 unspecified atom stereocenters. The minimum absolute atomic E-state index is 0.862. The van der Waals surface area contributed by atoms with Crippen LogP contribution in [0.25, 0.3) is 0 Å². The van der Waals surface area contributed by atoms with Gasteiger partial charge in [0.1, 0.15) is 5.82 Å². The molecule has 0 amide bonds. The van der Waals surface area contributed by atoms with Crippen molar-refractivity contribution in [2.45, 2.75) is 13.0 Å². The average molecular weight is 244 g/mol. The van der Waals surface area contributed by atoms with E-state index in [2.05, 4.69) is 27.6 Å². The molecular weight excluding hydrogens is 224 g/mol. The van der Waals surface area contributed by atoms with Crippen LogP contribution < -0.4 is 5.73 Å². The first-order chi connectivity index (χ1) is 8.66. The lowest BCUT2D eigenvalue weighted by atomic mass is 10.1. The van der Waals surface area contributed by atoms with Crippen molar-refractivity contribution in [2.24, 2.45) is 7.05 Å². The number of anilines is 1. The molecule has 0 aliphatic heterocycles. The molecule has 0 atom stereocenters. The molecule has 2 rings (SSSR count). The van der Waals surface area contributed by atoms with Crippen LogP contribution in [0.1, 0.15) is 11.4 Å². The topological polar surface area (TPSA) is 47.1 Å². The van der Waals surface area contributed by atoms with Crippen LogP contribution in [0.5, 0.6) is 0 Å². The highest BCUT2D eigenvalue weighted by Crippen LogP contribution is 2.12. The first-order valence-electron chi connectivity index (χ1n) is 6.15. The first kappa shape index (κ1) is 12.6. The Labute approximate surface area is 108 Å². The summed E-state index contributed by atoms with van der Waals surface area (Å²) < 4.78 is 2.06. The third-order valence-electron chi connectivity index (χ3n) is 3.13. The second-order valence-electron chi connectivity index (χ2n) is 4.64. The highest BCUT2D eigenvalue weighted by Gasteiger charge is 2.05. The van der Waals surface area contributed by atoms with Crippen LogP contribution in [0.15, 0.2) is 36.7 Å². The van der Waals surface area contributed by atoms with E-state index in [1.807, 2.05) is 37.6 Å². The minimum Gasteiger partial charge on any atom is -0.398 e. The molecule has 1 heterocycles. The molecular formula is C14H20N4. The predicted molar refractivity (Wildman–Crippen MR) is 74.1 cm³/mol. The molecule has 2 N–H and O–H groups in total. The number of likely N-dealkylation sites (N-methyl/N-ethyl adjacent to an activating group) is 1. The standard InChI is InChI=1S/C14H20N4/c1-17(9-7-14-16-8-10-18(14)2)11-12-5-3-4-6-13(12)15/h3-6,8,10H,7,9,11,15H2,1-2H3. The number of para-hydroxylation sites is 1. The number of aryl methyl sites for hydroxylation is 1. The molecule has 0 saturated heterocycles. The SMILES string of the molecule is CN(CCc1nccn1C)Cc1ccccc1N. The van der Waals surface area contributed by atoms with Gasteiger partial charge < -0.3 is 15.2 Å². The van der Waals surface area contributed by atoms with E-state index in [0.717, 1.165) is 31.0 Å². The molecule has 0 aliphatic rings. The fourth-order valence-electron chi connectivity index (χ4n) is 1.98. The summed E-state index contributed by atoms with van der Waals surface area (Å²) in [7, 11) is 4.13. The second kappa shape index (κ2) is 5.69. The zero-order valence-electron chi connectivity index (χ0n) is 11.0. The summed E-state index contributed by atoms with van der Waals surface area (Å²) in [6.07, 6.45) is 4.77. The maximum atomic E-state index is 5.94. The Balaban J connectivity index is 1.88. The van der Waals surface area contributed by atoms with E-state index in [1.54, 1.807) is 0 Å². The van der Waals surface area contributed by atoms with Crippen molar-refractivity contribution < 1.29 is 0 Å². The Hall–Kier alpha value is -1.81. The number of nitrogens with zero attached hydrogens (tertiary/aromatic N) is 3. The molecule has 0 fully saturated rings. The highest BCUT2D eigenvalue weighted by molar-refractivity contribution is 5.46. The lowest BCUT2D eigenvalue weighted by Crippen LogP contribution is -2.22. The number of nitrogens with two attached hydrogens (primary N) is 1. The van der Waals surface area contributed by atoms with Gasteiger partial charge in [0, 0.05) is 44.6 Å². The Bertz CT molecular complexity index is 504. The fourth-order valence-corrected chi connectivity index (χ4v) is 1.98. The van der Waals surface area contributed by atoms with Crippen LogP contribution in [0.3, 0.4) is 0 Å². The third kappa shape index (κ3) is 3.11. The van der Waals surface area contributed by atoms with Crippen LogP contribution in [0.4, 0.5) is 5.69 Å². The lowest BCUT2D eigenvalue weighted by Gasteiger charge is -2.17. The van der Waals surface area contributed by atoms with E-state index in [9.17, 15) is 0 Å². The normalized spacial score (nSPS) is 11.1. The van der Waals surface area contributed by atoms with Crippen LogP contribution in [-0.2, 0) is 20.0 Å². The van der Waals surface area contributed by atoms with Gasteiger partial charge in [-0.25, -0.2) is 4.98 Å². The van der Waals surface area contributed by atoms with Crippen molar-refractivity contribution in [3.63, 3.8) is 0 Å². The van der Waals surface area contributed by atoms with Gasteiger partial charge >= 0.3 is 0 Å². The zero-order chi connectivity index (χ0) is 13.0. The predicted octanol–water partition coefficient (Wildman–Crippen LogP) is 1.68. The number of aromatic nitrogens is 2. The van der Waals surface area contributed by atoms with E-state index in [0.29, 0.717) is 0 Å². The molecule has 2 aromatic rings. The summed E-state index contributed by atoms with van der Waals surface area (Å²) in [5.41, 5.74) is 7.98. The third-order valence-corrected chi connectivity index (χ3v) is 3.13. The van der Waals surface area contributed by atoms with Crippen molar-refractivity contribution in [3.05, 3.63) is 48.0 Å². The van der Waals surface area contributed by atoms with E-state index in [-0.39, 0.29) is 0 Å². The summed E-state index contributed by atoms with van der Waals surface area (Å²) in [6, 6.07) is 8.01. The fraction of sp³-hybridized carbons (Fsp3) is 0.357. The van der Waals surface area contributed by atoms with E-state index in [4.69, 9.17) is 5.73 Å². The quantitative estimate of drug-likeness (QED) is 0.814. The van der Waals surface area contributed by atoms with Gasteiger partial charge in [-0.1, -0.05) is 18.2 Å². The largest absolute Gasteiger partial charge is 0.398 e. The van der Waals surface area contributed by atoms with Gasteiger partial charge in [0.15, 0.2) is 0 Å². The minimum atomic E-state index is 0.862. The van der Waals surface area contributed by atoms with Gasteiger partial charge in [-0.15, -0.1) is 0 Å². The Morgan fingerprint density at radius 3 is 2.78 bits per heavy atom. The second-order valence-corrected chi connectivity index (χ2v) is 4.64. The van der Waals surface area contributed by atoms with Gasteiger partial charge in [-0.3, -0.25) is 0 Å². The Morgan fingerprint density at radius 2 is 2.11 bits per heavy atom. The zero-order valence-corrected chi connectivity index (χ0v) is 11.0. The first-order valence-corrected chi connectivity index (χ1v) is 6.15. The number of imidazole rings is 1. The molecule has 18 heavy (non-hydrogen) atoms. The van der Waals surface area contributed by atoms with Crippen molar-refractivity contribution in [2.75, 3.05) is 19.3 Å². The van der Waals surface area contributed by atoms with E-state index in [1.165, 1.54) is 5.56 Å². The van der Waals surface area contributed by atoms with Gasteiger partial charge in [0.2, 0.25) is 0 Å². The number of rotatable bonds is 5. The summed E-state index contributed by atoms with van der Waals surface area (Å²) in [4.78, 5) is 6.59. The van der Waals surface area contributed by atoms with Crippen LogP contribution in [0.2, 0.25) is 0 Å². The number of hydrogen-bond donors (Lipinski definition) is 1. The maximum Gasteiger partial charge on any atom is 0.109 e. The van der Waals surface area contributed by atoms with Crippen molar-refractivity contribution >= 4 is 5.69 Å². The molecule has 1 aromatic carbocycles. The summed E-state index contributed by atoms with van der Waals surface area (Å²) in [5, 5.41) is 0. The number of hydrogen-bond acceptors (Lipinski definition) is 3. The van der Waals surface area contributed by atoms with Crippen LogP contribution in [-0.4, -0.2) is 28.0 Å². The highest BCUT2D eigenvalue weighted by atomic mass is 15.1. The molecule has 4 nitrogen and oxygen atoms in total. The summed E-state index contributed by atoms with van der Waals surface area (Å²) >= 11 is 0. The van der Waals surface area contributed by atoms with Gasteiger partial charge in [-0.2, -0.15) is 0 Å². The van der Waals surface area contributed by atoms with Crippen molar-refractivity contribution in [1.82, 2.24) is 14.5 Å². The van der Waals surface area contributed by atoms with Gasteiger partial charge in [0.05, 0.1) is 0 Å². The number of benzene rings is 1. The van der Waals surface area contributed by atoms with E-state index < -0.39 is 0 Å². The molecule has 96 valence electrons. The van der Waals surface area contributed by atoms with Gasteiger partial charge in [0.25, 0.3) is 0 Å². The number of nitrogen functional groups attached to an aromatic ring is 1. The molecule has 1 aromatic heterocycles. The molecule has 0 radical (unpaired) electrons. The molecule has 0 bridgehead atoms. The monoisotopic (exact) mass is 244 g/mol. The summed E-state index contributed by atoms with van der Waals surface area (Å²) in [5.74, 6) is 1.11. The van der Waals surface area contributed by atoms with Gasteiger partial charge in [-0.05, 0) is 18.7 Å². The summed E-state index contributed by atoms with van der Waals surface area (Å²) in [6.45, 7) is 1.84. The average Bonchev–Trinajstić information content (AvgIpc) is 2.75. The van der Waals surface area contributed by atoms with Crippen molar-refractivity contribution in [1.29, 1.82) is 0 Å². The molecule has 0 aliphatic carbocycles. The Morgan fingerprint density at radius 1 is 1.33 bits per heavy atom. The maximum absolute atomic E-state index is 5.94. The van der Waals surface area contributed by atoms with Crippen molar-refractivity contribution in [3.8, 4) is 0 Å². The molecule has 0 spiro atoms.